The maximum absolute atomic E-state index is 6.04. The number of hydrogen-bond acceptors (Lipinski definition) is 3. The summed E-state index contributed by atoms with van der Waals surface area (Å²) >= 11 is 11.3. The molecule has 0 fully saturated rings. The van der Waals surface area contributed by atoms with E-state index in [1.165, 1.54) is 4.88 Å². The fourth-order valence-electron chi connectivity index (χ4n) is 1.75. The monoisotopic (exact) mass is 333 g/mol. The molecule has 0 saturated heterocycles. The first-order valence-electron chi connectivity index (χ1n) is 5.40. The summed E-state index contributed by atoms with van der Waals surface area (Å²) < 4.78 is 6.32. The van der Waals surface area contributed by atoms with Gasteiger partial charge < -0.3 is 9.73 Å². The molecule has 2 aromatic rings. The van der Waals surface area contributed by atoms with Gasteiger partial charge in [-0.25, -0.2) is 0 Å². The van der Waals surface area contributed by atoms with E-state index in [-0.39, 0.29) is 6.04 Å². The number of nitrogens with one attached hydrogen (secondary N) is 1. The Morgan fingerprint density at radius 2 is 2.35 bits per heavy atom. The van der Waals surface area contributed by atoms with E-state index in [1.807, 2.05) is 6.07 Å². The second-order valence-electron chi connectivity index (χ2n) is 3.66. The smallest absolute Gasteiger partial charge is 0.197 e. The number of likely N-dealkylation sites (N-methyl/N-ethyl adjacent to an activating group) is 1. The third-order valence-corrected chi connectivity index (χ3v) is 4.81. The molecule has 0 aliphatic carbocycles. The molecule has 0 saturated carbocycles. The highest BCUT2D eigenvalue weighted by Gasteiger charge is 2.18. The summed E-state index contributed by atoms with van der Waals surface area (Å²) in [6.45, 7) is 2.99. The molecule has 2 heterocycles. The summed E-state index contributed by atoms with van der Waals surface area (Å²) in [4.78, 5) is 1.31. The predicted molar refractivity (Wildman–Crippen MR) is 75.9 cm³/mol. The Kier molecular flexibility index (Phi) is 4.68. The summed E-state index contributed by atoms with van der Waals surface area (Å²) in [6.07, 6.45) is 2.54. The van der Waals surface area contributed by atoms with Crippen molar-refractivity contribution in [3.63, 3.8) is 0 Å². The van der Waals surface area contributed by atoms with E-state index >= 15 is 0 Å². The molecule has 0 radical (unpaired) electrons. The third kappa shape index (κ3) is 3.13. The Morgan fingerprint density at radius 1 is 1.53 bits per heavy atom. The topological polar surface area (TPSA) is 25.2 Å². The largest absolute Gasteiger partial charge is 0.453 e. The molecule has 0 bridgehead atoms. The lowest BCUT2D eigenvalue weighted by Crippen LogP contribution is -2.22. The molecule has 0 amide bonds. The van der Waals surface area contributed by atoms with Crippen molar-refractivity contribution < 1.29 is 4.42 Å². The quantitative estimate of drug-likeness (QED) is 0.861. The number of hydrogen-bond donors (Lipinski definition) is 1. The minimum atomic E-state index is 0.196. The maximum atomic E-state index is 6.04. The SMILES string of the molecule is CCNC(Cc1sccc1Br)c1ccoc1Cl. The molecule has 5 heteroatoms. The molecule has 2 aromatic heterocycles. The number of thiophene rings is 1. The molecule has 0 spiro atoms. The van der Waals surface area contributed by atoms with Gasteiger partial charge in [0.25, 0.3) is 0 Å². The van der Waals surface area contributed by atoms with E-state index in [0.717, 1.165) is 23.0 Å². The van der Waals surface area contributed by atoms with E-state index in [4.69, 9.17) is 16.0 Å². The minimum Gasteiger partial charge on any atom is -0.453 e. The Balaban J connectivity index is 2.19. The minimum absolute atomic E-state index is 0.196. The molecule has 17 heavy (non-hydrogen) atoms. The Bertz CT molecular complexity index is 482. The van der Waals surface area contributed by atoms with Crippen LogP contribution in [0.25, 0.3) is 0 Å². The van der Waals surface area contributed by atoms with Crippen molar-refractivity contribution in [3.8, 4) is 0 Å². The molecular weight excluding hydrogens is 322 g/mol. The Labute approximate surface area is 118 Å². The second-order valence-corrected chi connectivity index (χ2v) is 5.85. The maximum Gasteiger partial charge on any atom is 0.197 e. The number of furan rings is 1. The zero-order chi connectivity index (χ0) is 12.3. The van der Waals surface area contributed by atoms with Crippen molar-refractivity contribution in [2.75, 3.05) is 6.54 Å². The van der Waals surface area contributed by atoms with Gasteiger partial charge in [0.2, 0.25) is 0 Å². The fourth-order valence-corrected chi connectivity index (χ4v) is 3.56. The molecule has 1 N–H and O–H groups in total. The van der Waals surface area contributed by atoms with Gasteiger partial charge >= 0.3 is 0 Å². The molecule has 0 aromatic carbocycles. The van der Waals surface area contributed by atoms with Crippen molar-refractivity contribution >= 4 is 38.9 Å². The van der Waals surface area contributed by atoms with Crippen molar-refractivity contribution in [3.05, 3.63) is 43.9 Å². The summed E-state index contributed by atoms with van der Waals surface area (Å²) in [5, 5.41) is 5.99. The van der Waals surface area contributed by atoms with Gasteiger partial charge in [0, 0.05) is 27.4 Å². The normalized spacial score (nSPS) is 12.9. The van der Waals surface area contributed by atoms with Gasteiger partial charge in [-0.3, -0.25) is 0 Å². The van der Waals surface area contributed by atoms with Crippen LogP contribution in [0, 0.1) is 0 Å². The highest BCUT2D eigenvalue weighted by Crippen LogP contribution is 2.31. The molecule has 1 unspecified atom stereocenters. The molecule has 92 valence electrons. The number of rotatable bonds is 5. The number of halogens is 2. The van der Waals surface area contributed by atoms with Crippen LogP contribution < -0.4 is 5.32 Å². The standard InChI is InChI=1S/C12H13BrClNOS/c1-2-15-10(8-3-5-16-12(8)14)7-11-9(13)4-6-17-11/h3-6,10,15H,2,7H2,1H3. The van der Waals surface area contributed by atoms with Gasteiger partial charge in [0.1, 0.15) is 0 Å². The highest BCUT2D eigenvalue weighted by atomic mass is 79.9. The van der Waals surface area contributed by atoms with Crippen molar-refractivity contribution in [1.82, 2.24) is 5.32 Å². The van der Waals surface area contributed by atoms with Crippen LogP contribution in [0.2, 0.25) is 5.22 Å². The summed E-state index contributed by atoms with van der Waals surface area (Å²) in [7, 11) is 0. The van der Waals surface area contributed by atoms with Crippen LogP contribution in [0.5, 0.6) is 0 Å². The summed E-state index contributed by atoms with van der Waals surface area (Å²) in [5.41, 5.74) is 1.02. The van der Waals surface area contributed by atoms with Gasteiger partial charge in [-0.2, -0.15) is 0 Å². The van der Waals surface area contributed by atoms with Crippen LogP contribution >= 0.6 is 38.9 Å². The van der Waals surface area contributed by atoms with E-state index in [9.17, 15) is 0 Å². The average Bonchev–Trinajstić information content (AvgIpc) is 2.88. The Hall–Kier alpha value is -0.290. The average molecular weight is 335 g/mol. The van der Waals surface area contributed by atoms with Gasteiger partial charge in [0.05, 0.1) is 6.26 Å². The van der Waals surface area contributed by atoms with Gasteiger partial charge in [-0.1, -0.05) is 6.92 Å². The fraction of sp³-hybridized carbons (Fsp3) is 0.333. The lowest BCUT2D eigenvalue weighted by atomic mass is 10.1. The van der Waals surface area contributed by atoms with Crippen molar-refractivity contribution in [2.24, 2.45) is 0 Å². The van der Waals surface area contributed by atoms with E-state index < -0.39 is 0 Å². The van der Waals surface area contributed by atoms with Crippen molar-refractivity contribution in [2.45, 2.75) is 19.4 Å². The van der Waals surface area contributed by atoms with Crippen LogP contribution in [0.1, 0.15) is 23.4 Å². The van der Waals surface area contributed by atoms with E-state index in [2.05, 4.69) is 39.6 Å². The third-order valence-electron chi connectivity index (χ3n) is 2.55. The molecule has 1 atom stereocenters. The lowest BCUT2D eigenvalue weighted by molar-refractivity contribution is 0.528. The molecular formula is C12H13BrClNOS. The van der Waals surface area contributed by atoms with Crippen LogP contribution in [0.3, 0.4) is 0 Å². The molecule has 2 nitrogen and oxygen atoms in total. The first-order valence-corrected chi connectivity index (χ1v) is 7.45. The Morgan fingerprint density at radius 3 is 2.88 bits per heavy atom. The van der Waals surface area contributed by atoms with Crippen LogP contribution in [0.4, 0.5) is 0 Å². The first kappa shape index (κ1) is 13.1. The molecule has 2 rings (SSSR count). The molecule has 0 aliphatic rings. The highest BCUT2D eigenvalue weighted by molar-refractivity contribution is 9.10. The van der Waals surface area contributed by atoms with E-state index in [0.29, 0.717) is 5.22 Å². The zero-order valence-corrected chi connectivity index (χ0v) is 12.5. The van der Waals surface area contributed by atoms with E-state index in [1.54, 1.807) is 17.6 Å². The van der Waals surface area contributed by atoms with Gasteiger partial charge in [-0.05, 0) is 51.6 Å². The molecule has 0 aliphatic heterocycles. The van der Waals surface area contributed by atoms with Gasteiger partial charge in [0.15, 0.2) is 5.22 Å². The predicted octanol–water partition coefficient (Wildman–Crippen LogP) is 4.65. The first-order chi connectivity index (χ1) is 8.22. The summed E-state index contributed by atoms with van der Waals surface area (Å²) in [6, 6.07) is 4.19. The second kappa shape index (κ2) is 6.05. The van der Waals surface area contributed by atoms with Crippen molar-refractivity contribution in [1.29, 1.82) is 0 Å². The summed E-state index contributed by atoms with van der Waals surface area (Å²) in [5.74, 6) is 0. The lowest BCUT2D eigenvalue weighted by Gasteiger charge is -2.16. The van der Waals surface area contributed by atoms with Crippen LogP contribution in [-0.2, 0) is 6.42 Å². The van der Waals surface area contributed by atoms with Crippen LogP contribution in [0.15, 0.2) is 32.7 Å². The zero-order valence-electron chi connectivity index (χ0n) is 9.37. The van der Waals surface area contributed by atoms with Gasteiger partial charge in [-0.15, -0.1) is 11.3 Å². The van der Waals surface area contributed by atoms with Crippen LogP contribution in [-0.4, -0.2) is 6.54 Å².